The van der Waals surface area contributed by atoms with Crippen LogP contribution < -0.4 is 21.5 Å². The maximum atomic E-state index is 10.3. The Morgan fingerprint density at radius 2 is 0.472 bits per heavy atom. The first kappa shape index (κ1) is 92.3. The van der Waals surface area contributed by atoms with Gasteiger partial charge in [-0.15, -0.1) is 0 Å². The predicted molar refractivity (Wildman–Crippen MR) is 312 cm³/mol. The molecule has 0 aromatic heterocycles. The van der Waals surface area contributed by atoms with Crippen LogP contribution >= 0.6 is 0 Å². The summed E-state index contributed by atoms with van der Waals surface area (Å²) in [6, 6.07) is 0. The van der Waals surface area contributed by atoms with E-state index < -0.39 is 17.9 Å². The Balaban J connectivity index is -0.0000000941. The smallest absolute Gasteiger partial charge is 0.786 e. The van der Waals surface area contributed by atoms with Gasteiger partial charge in [-0.2, -0.15) is 14.2 Å². The number of carbonyl (C=O) groups is 3. The van der Waals surface area contributed by atoms with Gasteiger partial charge in [-0.25, -0.2) is 0 Å². The van der Waals surface area contributed by atoms with Gasteiger partial charge in [-0.3, -0.25) is 0 Å². The van der Waals surface area contributed by atoms with E-state index >= 15 is 0 Å². The quantitative estimate of drug-likeness (QED) is 0.0357. The Labute approximate surface area is 499 Å². The number of hydrogen-bond donors (Lipinski definition) is 1. The zero-order valence-electron chi connectivity index (χ0n) is 50.2. The van der Waals surface area contributed by atoms with Gasteiger partial charge in [0.05, 0.1) is 0 Å². The SMILES string of the molecule is CCCCC(CC)C(=O)[O-].CCCCC(CC)C(=O)[O-].CCCCC(CC)C(=O)[O-].CCCCCCCCCC(C)(C)[S-].CCCCCCCCCC(C)(C)[S-].CCCCCCCCCC(C)(C)[S-].N.[Au+3].[Au+3]. The monoisotopic (exact) mass is 1440 g/mol. The third-order valence-corrected chi connectivity index (χ3v) is 13.0. The predicted octanol–water partition coefficient (Wildman–Crippen LogP) is 16.4. The number of unbranched alkanes of at least 4 members (excludes halogenated alkanes) is 21. The Morgan fingerprint density at radius 3 is 0.597 bits per heavy atom. The second-order valence-electron chi connectivity index (χ2n) is 21.6. The number of carboxylic acids is 3. The van der Waals surface area contributed by atoms with Crippen molar-refractivity contribution in [3.63, 3.8) is 0 Å². The number of carboxylic acid groups (broad SMARTS) is 3. The molecule has 0 bridgehead atoms. The number of hydrogen-bond acceptors (Lipinski definition) is 10. The maximum absolute atomic E-state index is 10.3. The molecule has 3 N–H and O–H groups in total. The van der Waals surface area contributed by atoms with Gasteiger partial charge in [0.25, 0.3) is 0 Å². The molecule has 0 aliphatic heterocycles. The first-order valence-corrected chi connectivity index (χ1v) is 30.3. The van der Waals surface area contributed by atoms with Crippen LogP contribution in [0.5, 0.6) is 0 Å². The van der Waals surface area contributed by atoms with Crippen LogP contribution in [-0.2, 0) is 97.0 Å². The normalized spacial score (nSPS) is 11.9. The second-order valence-corrected chi connectivity index (χ2v) is 24.9. The summed E-state index contributed by atoms with van der Waals surface area (Å²) < 4.78 is 0.385. The average Bonchev–Trinajstić information content (AvgIpc) is 3.26. The minimum absolute atomic E-state index is 0. The van der Waals surface area contributed by atoms with Crippen molar-refractivity contribution in [1.29, 1.82) is 0 Å². The minimum Gasteiger partial charge on any atom is -0.786 e. The first-order valence-electron chi connectivity index (χ1n) is 29.1. The molecular weight excluding hydrogens is 1320 g/mol. The molecule has 0 aliphatic rings. The third-order valence-electron chi connectivity index (χ3n) is 12.3. The van der Waals surface area contributed by atoms with Crippen molar-refractivity contribution >= 4 is 55.8 Å². The van der Waals surface area contributed by atoms with Crippen molar-refractivity contribution in [2.24, 2.45) is 17.8 Å². The van der Waals surface area contributed by atoms with E-state index in [1.165, 1.54) is 154 Å². The van der Waals surface area contributed by atoms with E-state index in [1.807, 2.05) is 20.8 Å². The molecule has 0 heterocycles. The molecule has 0 rings (SSSR count). The molecule has 444 valence electrons. The molecule has 0 radical (unpaired) electrons. The van der Waals surface area contributed by atoms with Crippen molar-refractivity contribution in [1.82, 2.24) is 6.15 Å². The summed E-state index contributed by atoms with van der Waals surface area (Å²) >= 11 is 15.9. The van der Waals surface area contributed by atoms with Crippen LogP contribution in [0.15, 0.2) is 0 Å². The maximum Gasteiger partial charge on any atom is 3.00 e. The molecule has 0 spiro atoms. The topological polar surface area (TPSA) is 155 Å². The van der Waals surface area contributed by atoms with Gasteiger partial charge < -0.3 is 73.7 Å². The average molecular weight is 1440 g/mol. The fourth-order valence-corrected chi connectivity index (χ4v) is 7.77. The minimum atomic E-state index is -0.893. The molecule has 3 unspecified atom stereocenters. The van der Waals surface area contributed by atoms with Crippen LogP contribution in [0.25, 0.3) is 0 Å². The molecule has 0 saturated heterocycles. The van der Waals surface area contributed by atoms with Crippen molar-refractivity contribution < 1.29 is 74.5 Å². The van der Waals surface area contributed by atoms with E-state index in [4.69, 9.17) is 37.9 Å². The van der Waals surface area contributed by atoms with Crippen LogP contribution in [0.1, 0.15) is 335 Å². The van der Waals surface area contributed by atoms with Crippen molar-refractivity contribution in [2.75, 3.05) is 0 Å². The fourth-order valence-electron chi connectivity index (χ4n) is 7.34. The molecule has 0 fully saturated rings. The van der Waals surface area contributed by atoms with E-state index in [-0.39, 0.29) is 82.9 Å². The number of aliphatic carboxylic acids is 3. The van der Waals surface area contributed by atoms with Gasteiger partial charge in [0, 0.05) is 17.9 Å². The summed E-state index contributed by atoms with van der Waals surface area (Å²) in [4.78, 5) is 31.0. The van der Waals surface area contributed by atoms with Gasteiger partial charge in [-0.1, -0.05) is 296 Å². The van der Waals surface area contributed by atoms with Crippen molar-refractivity contribution in [2.45, 2.75) is 349 Å². The molecule has 0 aliphatic carbocycles. The van der Waals surface area contributed by atoms with Gasteiger partial charge in [-0.05, 0) is 56.3 Å². The number of rotatable bonds is 39. The van der Waals surface area contributed by atoms with Crippen LogP contribution in [0.2, 0.25) is 0 Å². The van der Waals surface area contributed by atoms with Crippen molar-refractivity contribution in [3.8, 4) is 0 Å². The third kappa shape index (κ3) is 93.4. The summed E-state index contributed by atoms with van der Waals surface area (Å²) in [6.07, 6.45) is 43.3. The van der Waals surface area contributed by atoms with E-state index in [2.05, 4.69) is 83.1 Å². The van der Waals surface area contributed by atoms with Gasteiger partial charge in [0.2, 0.25) is 0 Å². The molecular formula is C60H123Au2NO6S3. The summed E-state index contributed by atoms with van der Waals surface area (Å²) in [5.74, 6) is -3.34. The zero-order chi connectivity index (χ0) is 54.4. The zero-order valence-corrected chi connectivity index (χ0v) is 57.0. The Hall–Kier alpha value is 0.901. The molecule has 0 aromatic rings. The molecule has 72 heavy (non-hydrogen) atoms. The van der Waals surface area contributed by atoms with Crippen LogP contribution in [0, 0.1) is 17.8 Å². The summed E-state index contributed by atoms with van der Waals surface area (Å²) in [6.45, 7) is 31.5. The van der Waals surface area contributed by atoms with Gasteiger partial charge in [0.1, 0.15) is 0 Å². The van der Waals surface area contributed by atoms with E-state index in [0.717, 1.165) is 57.8 Å². The van der Waals surface area contributed by atoms with Crippen LogP contribution in [0.4, 0.5) is 0 Å². The summed E-state index contributed by atoms with van der Waals surface area (Å²) in [5, 5.41) is 31.0. The molecule has 0 amide bonds. The van der Waals surface area contributed by atoms with E-state index in [9.17, 15) is 29.7 Å². The second kappa shape index (κ2) is 68.0. The molecule has 7 nitrogen and oxygen atoms in total. The van der Waals surface area contributed by atoms with Gasteiger partial charge in [0.15, 0.2) is 0 Å². The largest absolute Gasteiger partial charge is 3.00 e. The molecule has 0 saturated carbocycles. The standard InChI is InChI=1S/3C12H26S.3C8H16O2.2Au.H3N/c3*1-4-5-6-7-8-9-10-11-12(2,3)13;3*1-3-5-6-7(4-2)8(9)10;;;/h3*13H,4-11H2,1-3H3;3*7H,3-6H2,1-2H3,(H,9,10);;;1H3/q;;;;;;2*+3;/p-6. The molecule has 12 heteroatoms. The Kier molecular flexibility index (Phi) is 87.2. The Morgan fingerprint density at radius 1 is 0.319 bits per heavy atom. The van der Waals surface area contributed by atoms with E-state index in [0.29, 0.717) is 19.3 Å². The van der Waals surface area contributed by atoms with Crippen LogP contribution in [-0.4, -0.2) is 32.1 Å². The summed E-state index contributed by atoms with van der Waals surface area (Å²) in [5.41, 5.74) is 0. The van der Waals surface area contributed by atoms with Crippen molar-refractivity contribution in [3.05, 3.63) is 0 Å². The first-order chi connectivity index (χ1) is 32.3. The van der Waals surface area contributed by atoms with E-state index in [1.54, 1.807) is 0 Å². The molecule has 3 atom stereocenters. The number of carbonyl (C=O) groups excluding carboxylic acids is 3. The Bertz CT molecular complexity index is 926. The molecule has 0 aromatic carbocycles. The van der Waals surface area contributed by atoms with Gasteiger partial charge >= 0.3 is 44.8 Å². The summed E-state index contributed by atoms with van der Waals surface area (Å²) in [7, 11) is 0. The van der Waals surface area contributed by atoms with Crippen LogP contribution in [0.3, 0.4) is 0 Å². The fraction of sp³-hybridized carbons (Fsp3) is 0.950.